The first-order valence-corrected chi connectivity index (χ1v) is 20.2. The summed E-state index contributed by atoms with van der Waals surface area (Å²) >= 11 is 6.62. The molecule has 3 fully saturated rings. The molecule has 5 nitrogen and oxygen atoms in total. The summed E-state index contributed by atoms with van der Waals surface area (Å²) in [5.41, 5.74) is 3.69. The number of carbonyl (C=O) groups excluding carboxylic acids is 1. The van der Waals surface area contributed by atoms with E-state index in [0.717, 1.165) is 65.9 Å². The summed E-state index contributed by atoms with van der Waals surface area (Å²) in [5, 5.41) is 1.04. The maximum absolute atomic E-state index is 13.1. The first-order valence-electron chi connectivity index (χ1n) is 19.8. The van der Waals surface area contributed by atoms with Crippen LogP contribution in [-0.4, -0.2) is 18.7 Å². The molecule has 1 heterocycles. The molecule has 0 amide bonds. The van der Waals surface area contributed by atoms with Gasteiger partial charge in [0.15, 0.2) is 6.61 Å². The summed E-state index contributed by atoms with van der Waals surface area (Å²) in [6.07, 6.45) is 17.4. The van der Waals surface area contributed by atoms with Crippen LogP contribution in [0.4, 0.5) is 0 Å². The van der Waals surface area contributed by atoms with Crippen LogP contribution in [0.5, 0.6) is 5.75 Å². The Hall–Kier alpha value is -3.05. The first-order chi connectivity index (χ1) is 24.4. The minimum absolute atomic E-state index is 0.142. The van der Waals surface area contributed by atoms with Crippen LogP contribution in [-0.2, 0) is 9.53 Å². The van der Waals surface area contributed by atoms with Gasteiger partial charge in [-0.1, -0.05) is 107 Å². The van der Waals surface area contributed by atoms with Gasteiger partial charge in [0, 0.05) is 23.9 Å². The van der Waals surface area contributed by atoms with Crippen molar-refractivity contribution in [3.63, 3.8) is 0 Å². The highest BCUT2D eigenvalue weighted by molar-refractivity contribution is 6.33. The van der Waals surface area contributed by atoms with E-state index in [9.17, 15) is 9.59 Å². The average Bonchev–Trinajstić information content (AvgIpc) is 3.10. The zero-order valence-corrected chi connectivity index (χ0v) is 32.1. The van der Waals surface area contributed by atoms with Crippen molar-refractivity contribution < 1.29 is 18.7 Å². The molecule has 4 aliphatic carbocycles. The fraction of sp³-hybridized carbons (Fsp3) is 0.600. The van der Waals surface area contributed by atoms with Crippen molar-refractivity contribution in [3.8, 4) is 16.9 Å². The van der Waals surface area contributed by atoms with Crippen molar-refractivity contribution in [3.05, 3.63) is 75.6 Å². The molecule has 4 aliphatic rings. The predicted octanol–water partition coefficient (Wildman–Crippen LogP) is 11.8. The number of fused-ring (bicyclic) bond motifs is 6. The van der Waals surface area contributed by atoms with Crippen LogP contribution < -0.4 is 10.4 Å². The molecule has 0 N–H and O–H groups in total. The van der Waals surface area contributed by atoms with Crippen LogP contribution in [0.3, 0.4) is 0 Å². The van der Waals surface area contributed by atoms with Crippen LogP contribution in [0.1, 0.15) is 112 Å². The quantitative estimate of drug-likeness (QED) is 0.119. The van der Waals surface area contributed by atoms with Crippen molar-refractivity contribution in [1.82, 2.24) is 0 Å². The number of esters is 1. The van der Waals surface area contributed by atoms with Crippen LogP contribution in [0.15, 0.2) is 69.4 Å². The van der Waals surface area contributed by atoms with Gasteiger partial charge in [-0.25, -0.2) is 9.59 Å². The normalized spacial score (nSPS) is 30.9. The van der Waals surface area contributed by atoms with Gasteiger partial charge >= 0.3 is 11.6 Å². The Bertz CT molecular complexity index is 1810. The zero-order valence-electron chi connectivity index (χ0n) is 31.3. The number of allylic oxidation sites excluding steroid dienone is 1. The average molecular weight is 713 g/mol. The molecule has 3 saturated carbocycles. The van der Waals surface area contributed by atoms with Gasteiger partial charge in [-0.2, -0.15) is 0 Å². The predicted molar refractivity (Wildman–Crippen MR) is 206 cm³/mol. The Kier molecular flexibility index (Phi) is 10.5. The van der Waals surface area contributed by atoms with Crippen LogP contribution in [0, 0.1) is 46.3 Å². The number of rotatable bonds is 10. The fourth-order valence-corrected chi connectivity index (χ4v) is 11.3. The van der Waals surface area contributed by atoms with Crippen molar-refractivity contribution in [2.75, 3.05) is 6.61 Å². The van der Waals surface area contributed by atoms with Crippen molar-refractivity contribution in [2.45, 2.75) is 118 Å². The number of ether oxygens (including phenoxy) is 2. The van der Waals surface area contributed by atoms with Crippen LogP contribution >= 0.6 is 11.6 Å². The lowest BCUT2D eigenvalue weighted by atomic mass is 9.44. The molecule has 51 heavy (non-hydrogen) atoms. The van der Waals surface area contributed by atoms with E-state index in [4.69, 9.17) is 25.5 Å². The van der Waals surface area contributed by atoms with E-state index in [1.807, 2.05) is 30.3 Å². The Morgan fingerprint density at radius 2 is 1.78 bits per heavy atom. The number of carbonyl (C=O) groups is 1. The minimum atomic E-state index is -0.464. The topological polar surface area (TPSA) is 65.7 Å². The van der Waals surface area contributed by atoms with Gasteiger partial charge in [0.05, 0.1) is 5.02 Å². The summed E-state index contributed by atoms with van der Waals surface area (Å²) in [5.74, 6) is 4.76. The van der Waals surface area contributed by atoms with Gasteiger partial charge in [0.2, 0.25) is 0 Å². The third-order valence-corrected chi connectivity index (χ3v) is 14.2. The largest absolute Gasteiger partial charge is 0.480 e. The molecule has 2 aromatic carbocycles. The van der Waals surface area contributed by atoms with Crippen molar-refractivity contribution in [2.24, 2.45) is 46.3 Å². The number of benzene rings is 2. The summed E-state index contributed by atoms with van der Waals surface area (Å²) in [7, 11) is 0. The third-order valence-electron chi connectivity index (χ3n) is 13.9. The second-order valence-electron chi connectivity index (χ2n) is 17.6. The molecule has 0 bridgehead atoms. The molecule has 1 aromatic heterocycles. The second kappa shape index (κ2) is 14.8. The minimum Gasteiger partial charge on any atom is -0.480 e. The van der Waals surface area contributed by atoms with E-state index in [-0.39, 0.29) is 23.9 Å². The maximum Gasteiger partial charge on any atom is 0.344 e. The molecule has 6 heteroatoms. The highest BCUT2D eigenvalue weighted by Gasteiger charge is 2.56. The molecule has 274 valence electrons. The van der Waals surface area contributed by atoms with Gasteiger partial charge in [-0.15, -0.1) is 0 Å². The summed E-state index contributed by atoms with van der Waals surface area (Å²) in [6, 6.07) is 14.4. The molecule has 0 unspecified atom stereocenters. The van der Waals surface area contributed by atoms with Crippen LogP contribution in [0.2, 0.25) is 5.02 Å². The van der Waals surface area contributed by atoms with Crippen molar-refractivity contribution in [1.29, 1.82) is 0 Å². The molecular weight excluding hydrogens is 656 g/mol. The Labute approximate surface area is 309 Å². The summed E-state index contributed by atoms with van der Waals surface area (Å²) in [6.45, 7) is 12.1. The molecule has 0 aliphatic heterocycles. The van der Waals surface area contributed by atoms with E-state index in [2.05, 4.69) is 40.7 Å². The van der Waals surface area contributed by atoms with Gasteiger partial charge in [-0.05, 0) is 115 Å². The van der Waals surface area contributed by atoms with E-state index in [1.54, 1.807) is 12.1 Å². The van der Waals surface area contributed by atoms with Gasteiger partial charge in [0.1, 0.15) is 17.4 Å². The fourth-order valence-electron chi connectivity index (χ4n) is 11.1. The molecule has 0 spiro atoms. The van der Waals surface area contributed by atoms with Gasteiger partial charge in [-0.3, -0.25) is 0 Å². The highest BCUT2D eigenvalue weighted by atomic mass is 35.5. The van der Waals surface area contributed by atoms with E-state index in [1.165, 1.54) is 69.4 Å². The molecule has 0 saturated heterocycles. The lowest BCUT2D eigenvalue weighted by molar-refractivity contribution is -0.154. The lowest BCUT2D eigenvalue weighted by Crippen LogP contribution is -2.52. The standard InChI is InChI=1S/C45H57ClO5/c1-28(2)10-9-11-29(3)31-14-17-37-34-16-15-32-22-33(18-21-45(32,5)38(34)19-20-44(37,4)26-31)50-43(48)27-49-41-25-40-36(23-39(41)46)35(24-42(47)51-40)30-12-7-6-8-13-30/h6-8,12-13,15,23-25,28-29,31,33-34,37-38H,9-11,14,16-22,26-27H2,1-5H3/t29-,31+,33-,34+,37-,38-,44-,45+/m1/s1. The van der Waals surface area contributed by atoms with Gasteiger partial charge in [0.25, 0.3) is 0 Å². The zero-order chi connectivity index (χ0) is 35.9. The monoisotopic (exact) mass is 712 g/mol. The van der Waals surface area contributed by atoms with E-state index in [0.29, 0.717) is 21.4 Å². The lowest BCUT2D eigenvalue weighted by Gasteiger charge is -2.61. The Morgan fingerprint density at radius 3 is 2.57 bits per heavy atom. The summed E-state index contributed by atoms with van der Waals surface area (Å²) < 4.78 is 17.4. The van der Waals surface area contributed by atoms with Gasteiger partial charge < -0.3 is 13.9 Å². The highest BCUT2D eigenvalue weighted by Crippen LogP contribution is 2.65. The molecule has 8 atom stereocenters. The van der Waals surface area contributed by atoms with Crippen molar-refractivity contribution >= 4 is 28.5 Å². The third kappa shape index (κ3) is 7.44. The number of hydrogen-bond donors (Lipinski definition) is 0. The molecular formula is C45H57ClO5. The van der Waals surface area contributed by atoms with E-state index < -0.39 is 11.6 Å². The number of halogens is 1. The van der Waals surface area contributed by atoms with Crippen LogP contribution in [0.25, 0.3) is 22.1 Å². The molecule has 3 aromatic rings. The maximum atomic E-state index is 13.1. The van der Waals surface area contributed by atoms with E-state index >= 15 is 0 Å². The Balaban J connectivity index is 0.959. The Morgan fingerprint density at radius 1 is 0.980 bits per heavy atom. The second-order valence-corrected chi connectivity index (χ2v) is 18.0. The summed E-state index contributed by atoms with van der Waals surface area (Å²) in [4.78, 5) is 25.5. The first kappa shape index (κ1) is 36.3. The molecule has 0 radical (unpaired) electrons. The SMILES string of the molecule is CC(C)CCC[C@@H](C)[C@H]1CC[C@@H]2[C@@H]3CC=C4C[C@H](OC(=O)COc5cc6oc(=O)cc(-c7ccccc7)c6cc5Cl)CC[C@]4(C)[C@@H]3CC[C@]2(C)C1. The number of hydrogen-bond acceptors (Lipinski definition) is 5. The smallest absolute Gasteiger partial charge is 0.344 e. The molecule has 7 rings (SSSR count).